The minimum absolute atomic E-state index is 0.0379. The summed E-state index contributed by atoms with van der Waals surface area (Å²) in [7, 11) is 1.63. The number of fused-ring (bicyclic) bond motifs is 3. The van der Waals surface area contributed by atoms with E-state index in [1.165, 1.54) is 0 Å². The number of rotatable bonds is 3. The maximum atomic E-state index is 13.3. The molecule has 5 heteroatoms. The van der Waals surface area contributed by atoms with Gasteiger partial charge in [0.25, 0.3) is 5.56 Å². The molecule has 0 saturated carbocycles. The molecule has 2 aromatic heterocycles. The average Bonchev–Trinajstić information content (AvgIpc) is 3.07. The summed E-state index contributed by atoms with van der Waals surface area (Å²) in [6.45, 7) is 4.04. The molecule has 0 N–H and O–H groups in total. The van der Waals surface area contributed by atoms with E-state index in [2.05, 4.69) is 4.98 Å². The molecule has 126 valence electrons. The first-order valence-corrected chi connectivity index (χ1v) is 8.26. The van der Waals surface area contributed by atoms with Gasteiger partial charge in [0.05, 0.1) is 18.1 Å². The van der Waals surface area contributed by atoms with Gasteiger partial charge in [0.15, 0.2) is 0 Å². The van der Waals surface area contributed by atoms with Crippen molar-refractivity contribution in [2.24, 2.45) is 0 Å². The SMILES string of the molecule is COc1cccc(-c2ncn3c2c(=O)n(C(C)C)c2ccccc23)c1. The highest BCUT2D eigenvalue weighted by molar-refractivity contribution is 5.85. The van der Waals surface area contributed by atoms with Crippen molar-refractivity contribution in [3.63, 3.8) is 0 Å². The molecule has 0 spiro atoms. The number of nitrogens with zero attached hydrogens (tertiary/aromatic N) is 3. The largest absolute Gasteiger partial charge is 0.497 e. The van der Waals surface area contributed by atoms with E-state index in [1.54, 1.807) is 13.4 Å². The third-order valence-electron chi connectivity index (χ3n) is 4.45. The molecule has 0 fully saturated rings. The summed E-state index contributed by atoms with van der Waals surface area (Å²) >= 11 is 0. The standard InChI is InChI=1S/C20H19N3O2/c1-13(2)23-17-10-5-4-9-16(17)22-12-21-18(19(22)20(23)24)14-7-6-8-15(11-14)25-3/h4-13H,1-3H3. The summed E-state index contributed by atoms with van der Waals surface area (Å²) in [5.41, 5.74) is 3.95. The van der Waals surface area contributed by atoms with Gasteiger partial charge in [-0.05, 0) is 38.1 Å². The Hall–Kier alpha value is -3.08. The molecule has 4 aromatic rings. The molecule has 0 atom stereocenters. The first kappa shape index (κ1) is 15.4. The molecule has 0 saturated heterocycles. The number of aromatic nitrogens is 3. The Morgan fingerprint density at radius 3 is 2.52 bits per heavy atom. The van der Waals surface area contributed by atoms with E-state index >= 15 is 0 Å². The molecule has 0 aliphatic heterocycles. The lowest BCUT2D eigenvalue weighted by Crippen LogP contribution is -2.24. The molecular formula is C20H19N3O2. The number of benzene rings is 2. The minimum atomic E-state index is -0.0379. The van der Waals surface area contributed by atoms with Gasteiger partial charge in [0, 0.05) is 11.6 Å². The minimum Gasteiger partial charge on any atom is -0.497 e. The van der Waals surface area contributed by atoms with Gasteiger partial charge >= 0.3 is 0 Å². The van der Waals surface area contributed by atoms with Gasteiger partial charge in [-0.2, -0.15) is 0 Å². The molecule has 0 amide bonds. The lowest BCUT2D eigenvalue weighted by Gasteiger charge is -2.15. The predicted molar refractivity (Wildman–Crippen MR) is 99.3 cm³/mol. The number of hydrogen-bond acceptors (Lipinski definition) is 3. The van der Waals surface area contributed by atoms with Crippen LogP contribution in [0.3, 0.4) is 0 Å². The van der Waals surface area contributed by atoms with Crippen LogP contribution in [0.5, 0.6) is 5.75 Å². The quantitative estimate of drug-likeness (QED) is 0.571. The first-order valence-electron chi connectivity index (χ1n) is 8.26. The number of ether oxygens (including phenoxy) is 1. The van der Waals surface area contributed by atoms with E-state index in [-0.39, 0.29) is 11.6 Å². The fraction of sp³-hybridized carbons (Fsp3) is 0.200. The van der Waals surface area contributed by atoms with Gasteiger partial charge < -0.3 is 9.30 Å². The van der Waals surface area contributed by atoms with Crippen molar-refractivity contribution in [2.75, 3.05) is 7.11 Å². The Balaban J connectivity index is 2.14. The molecule has 0 bridgehead atoms. The monoisotopic (exact) mass is 333 g/mol. The van der Waals surface area contributed by atoms with Gasteiger partial charge in [0.2, 0.25) is 0 Å². The molecule has 0 radical (unpaired) electrons. The van der Waals surface area contributed by atoms with E-state index in [0.29, 0.717) is 11.2 Å². The molecule has 0 aliphatic rings. The maximum Gasteiger partial charge on any atom is 0.277 e. The van der Waals surface area contributed by atoms with Crippen LogP contribution in [-0.2, 0) is 0 Å². The van der Waals surface area contributed by atoms with Crippen molar-refractivity contribution >= 4 is 16.6 Å². The van der Waals surface area contributed by atoms with Gasteiger partial charge in [-0.3, -0.25) is 9.20 Å². The number of methoxy groups -OCH3 is 1. The Labute approximate surface area is 145 Å². The molecule has 5 nitrogen and oxygen atoms in total. The molecular weight excluding hydrogens is 314 g/mol. The number of para-hydroxylation sites is 2. The molecule has 0 aliphatic carbocycles. The molecule has 4 rings (SSSR count). The van der Waals surface area contributed by atoms with Gasteiger partial charge in [-0.25, -0.2) is 4.98 Å². The second-order valence-corrected chi connectivity index (χ2v) is 6.30. The first-order chi connectivity index (χ1) is 12.1. The topological polar surface area (TPSA) is 48.5 Å². The van der Waals surface area contributed by atoms with Crippen LogP contribution >= 0.6 is 0 Å². The van der Waals surface area contributed by atoms with Crippen LogP contribution < -0.4 is 10.3 Å². The Morgan fingerprint density at radius 1 is 1.04 bits per heavy atom. The third-order valence-corrected chi connectivity index (χ3v) is 4.45. The zero-order chi connectivity index (χ0) is 17.6. The molecule has 2 aromatic carbocycles. The van der Waals surface area contributed by atoms with E-state index in [4.69, 9.17) is 4.74 Å². The van der Waals surface area contributed by atoms with Crippen molar-refractivity contribution in [1.29, 1.82) is 0 Å². The lowest BCUT2D eigenvalue weighted by atomic mass is 10.1. The normalized spacial score (nSPS) is 11.5. The van der Waals surface area contributed by atoms with Crippen molar-refractivity contribution < 1.29 is 4.74 Å². The summed E-state index contributed by atoms with van der Waals surface area (Å²) in [6, 6.07) is 15.6. The van der Waals surface area contributed by atoms with E-state index in [1.807, 2.05) is 71.3 Å². The highest BCUT2D eigenvalue weighted by Gasteiger charge is 2.18. The third kappa shape index (κ3) is 2.31. The van der Waals surface area contributed by atoms with E-state index < -0.39 is 0 Å². The summed E-state index contributed by atoms with van der Waals surface area (Å²) in [5.74, 6) is 0.739. The van der Waals surface area contributed by atoms with Crippen molar-refractivity contribution in [3.8, 4) is 17.0 Å². The average molecular weight is 333 g/mol. The Bertz CT molecular complexity index is 1140. The van der Waals surface area contributed by atoms with Crippen molar-refractivity contribution in [1.82, 2.24) is 14.0 Å². The van der Waals surface area contributed by atoms with E-state index in [9.17, 15) is 4.79 Å². The smallest absolute Gasteiger partial charge is 0.277 e. The Morgan fingerprint density at radius 2 is 1.80 bits per heavy atom. The second-order valence-electron chi connectivity index (χ2n) is 6.30. The van der Waals surface area contributed by atoms with Crippen LogP contribution in [0.1, 0.15) is 19.9 Å². The summed E-state index contributed by atoms with van der Waals surface area (Å²) < 4.78 is 9.02. The van der Waals surface area contributed by atoms with Crippen LogP contribution in [0.4, 0.5) is 0 Å². The van der Waals surface area contributed by atoms with Crippen LogP contribution in [-0.4, -0.2) is 21.1 Å². The lowest BCUT2D eigenvalue weighted by molar-refractivity contribution is 0.415. The van der Waals surface area contributed by atoms with Crippen LogP contribution in [0.15, 0.2) is 59.7 Å². The second kappa shape index (κ2) is 5.77. The van der Waals surface area contributed by atoms with Crippen LogP contribution in [0.2, 0.25) is 0 Å². The number of imidazole rings is 1. The van der Waals surface area contributed by atoms with Gasteiger partial charge in [-0.15, -0.1) is 0 Å². The zero-order valence-electron chi connectivity index (χ0n) is 14.4. The summed E-state index contributed by atoms with van der Waals surface area (Å²) in [6.07, 6.45) is 1.72. The predicted octanol–water partition coefficient (Wildman–Crippen LogP) is 3.91. The summed E-state index contributed by atoms with van der Waals surface area (Å²) in [5, 5.41) is 0. The number of hydrogen-bond donors (Lipinski definition) is 0. The fourth-order valence-electron chi connectivity index (χ4n) is 3.32. The summed E-state index contributed by atoms with van der Waals surface area (Å²) in [4.78, 5) is 17.8. The zero-order valence-corrected chi connectivity index (χ0v) is 14.4. The van der Waals surface area contributed by atoms with Crippen molar-refractivity contribution in [2.45, 2.75) is 19.9 Å². The molecule has 2 heterocycles. The molecule has 25 heavy (non-hydrogen) atoms. The fourth-order valence-corrected chi connectivity index (χ4v) is 3.32. The van der Waals surface area contributed by atoms with Crippen LogP contribution in [0, 0.1) is 0 Å². The van der Waals surface area contributed by atoms with Gasteiger partial charge in [-0.1, -0.05) is 24.3 Å². The maximum absolute atomic E-state index is 13.3. The van der Waals surface area contributed by atoms with E-state index in [0.717, 1.165) is 22.3 Å². The Kier molecular flexibility index (Phi) is 3.57. The van der Waals surface area contributed by atoms with Crippen molar-refractivity contribution in [3.05, 3.63) is 65.2 Å². The van der Waals surface area contributed by atoms with Gasteiger partial charge in [0.1, 0.15) is 23.3 Å². The highest BCUT2D eigenvalue weighted by Crippen LogP contribution is 2.27. The molecule has 0 unspecified atom stereocenters. The highest BCUT2D eigenvalue weighted by atomic mass is 16.5. The van der Waals surface area contributed by atoms with Crippen LogP contribution in [0.25, 0.3) is 27.8 Å².